The molecule has 1 unspecified atom stereocenters. The van der Waals surface area contributed by atoms with Crippen LogP contribution in [-0.2, 0) is 40.5 Å². The number of benzene rings is 1. The molecule has 3 nitrogen and oxygen atoms in total. The molecule has 1 aromatic heterocycles. The summed E-state index contributed by atoms with van der Waals surface area (Å²) in [6.45, 7) is 1.10. The van der Waals surface area contributed by atoms with Gasteiger partial charge in [-0.05, 0) is 35.1 Å². The van der Waals surface area contributed by atoms with Crippen LogP contribution < -0.4 is 0 Å². The molecule has 0 bridgehead atoms. The normalized spacial score (nSPS) is 15.7. The van der Waals surface area contributed by atoms with Gasteiger partial charge in [-0.2, -0.15) is 13.2 Å². The number of hydrogen-bond acceptors (Lipinski definition) is 3. The fraction of sp³-hybridized carbons (Fsp3) is 0.353. The summed E-state index contributed by atoms with van der Waals surface area (Å²) in [6.07, 6.45) is -3.64. The van der Waals surface area contributed by atoms with Gasteiger partial charge in [-0.1, -0.05) is 18.2 Å². The molecule has 0 radical (unpaired) electrons. The highest BCUT2D eigenvalue weighted by Gasteiger charge is 2.30. The van der Waals surface area contributed by atoms with Gasteiger partial charge in [0.2, 0.25) is 5.91 Å². The molecule has 0 spiro atoms. The second-order valence-corrected chi connectivity index (χ2v) is 8.32. The SMILES string of the molecule is O=C(CS(=O)Cc1cccc(C(F)(F)F)c1)N1CCc2sccc2C1. The van der Waals surface area contributed by atoms with Crippen molar-refractivity contribution in [1.29, 1.82) is 0 Å². The molecule has 2 heterocycles. The number of alkyl halides is 3. The predicted octanol–water partition coefficient (Wildman–Crippen LogP) is 3.60. The van der Waals surface area contributed by atoms with Gasteiger partial charge < -0.3 is 4.90 Å². The highest BCUT2D eigenvalue weighted by Crippen LogP contribution is 2.30. The lowest BCUT2D eigenvalue weighted by molar-refractivity contribution is -0.137. The Balaban J connectivity index is 1.59. The topological polar surface area (TPSA) is 37.4 Å². The minimum Gasteiger partial charge on any atom is -0.337 e. The van der Waals surface area contributed by atoms with Crippen LogP contribution in [0.25, 0.3) is 0 Å². The molecule has 0 fully saturated rings. The molecule has 25 heavy (non-hydrogen) atoms. The number of amides is 1. The average molecular weight is 387 g/mol. The summed E-state index contributed by atoms with van der Waals surface area (Å²) in [4.78, 5) is 15.3. The third kappa shape index (κ3) is 4.49. The van der Waals surface area contributed by atoms with Gasteiger partial charge in [0.1, 0.15) is 5.75 Å². The standard InChI is InChI=1S/C17H16F3NO2S2/c18-17(19,20)14-3-1-2-12(8-14)10-25(23)11-16(22)21-6-4-15-13(9-21)5-7-24-15/h1-3,5,7-8H,4,6,9-11H2. The molecule has 0 saturated carbocycles. The number of carbonyl (C=O) groups excluding carboxylic acids is 1. The molecular formula is C17H16F3NO2S2. The Bertz CT molecular complexity index is 801. The van der Waals surface area contributed by atoms with Gasteiger partial charge in [0.15, 0.2) is 0 Å². The molecule has 0 N–H and O–H groups in total. The zero-order valence-electron chi connectivity index (χ0n) is 13.2. The van der Waals surface area contributed by atoms with E-state index in [1.165, 1.54) is 17.0 Å². The lowest BCUT2D eigenvalue weighted by Crippen LogP contribution is -2.38. The van der Waals surface area contributed by atoms with Crippen molar-refractivity contribution in [1.82, 2.24) is 4.90 Å². The van der Waals surface area contributed by atoms with E-state index in [4.69, 9.17) is 0 Å². The van der Waals surface area contributed by atoms with Crippen LogP contribution in [-0.4, -0.2) is 27.3 Å². The molecule has 0 saturated heterocycles. The van der Waals surface area contributed by atoms with Gasteiger partial charge in [0.05, 0.1) is 5.56 Å². The Morgan fingerprint density at radius 1 is 1.28 bits per heavy atom. The molecule has 134 valence electrons. The third-order valence-corrected chi connectivity index (χ3v) is 6.27. The smallest absolute Gasteiger partial charge is 0.337 e. The van der Waals surface area contributed by atoms with Gasteiger partial charge in [-0.3, -0.25) is 9.00 Å². The van der Waals surface area contributed by atoms with Gasteiger partial charge in [0, 0.05) is 34.5 Å². The molecule has 1 aliphatic heterocycles. The number of nitrogens with zero attached hydrogens (tertiary/aromatic N) is 1. The van der Waals surface area contributed by atoms with Crippen LogP contribution >= 0.6 is 11.3 Å². The Hall–Kier alpha value is -1.67. The first-order chi connectivity index (χ1) is 11.8. The zero-order valence-corrected chi connectivity index (χ0v) is 14.8. The minimum absolute atomic E-state index is 0.0623. The largest absolute Gasteiger partial charge is 0.416 e. The van der Waals surface area contributed by atoms with Crippen LogP contribution in [0.2, 0.25) is 0 Å². The van der Waals surface area contributed by atoms with E-state index in [1.54, 1.807) is 16.2 Å². The second-order valence-electron chi connectivity index (χ2n) is 5.86. The number of hydrogen-bond donors (Lipinski definition) is 0. The van der Waals surface area contributed by atoms with E-state index in [9.17, 15) is 22.2 Å². The van der Waals surface area contributed by atoms with Crippen molar-refractivity contribution in [2.45, 2.75) is 24.9 Å². The Labute approximate surface area is 149 Å². The fourth-order valence-electron chi connectivity index (χ4n) is 2.76. The summed E-state index contributed by atoms with van der Waals surface area (Å²) >= 11 is 1.67. The number of fused-ring (bicyclic) bond motifs is 1. The van der Waals surface area contributed by atoms with Crippen molar-refractivity contribution >= 4 is 28.0 Å². The first kappa shape index (κ1) is 18.1. The Kier molecular flexibility index (Phi) is 5.29. The molecule has 3 rings (SSSR count). The second kappa shape index (κ2) is 7.29. The van der Waals surface area contributed by atoms with Crippen molar-refractivity contribution in [3.63, 3.8) is 0 Å². The number of carbonyl (C=O) groups is 1. The first-order valence-corrected chi connectivity index (χ1v) is 10.0. The van der Waals surface area contributed by atoms with Crippen LogP contribution in [0.3, 0.4) is 0 Å². The average Bonchev–Trinajstić information content (AvgIpc) is 3.01. The monoisotopic (exact) mass is 387 g/mol. The van der Waals surface area contributed by atoms with Gasteiger partial charge in [-0.15, -0.1) is 11.3 Å². The summed E-state index contributed by atoms with van der Waals surface area (Å²) in [5, 5.41) is 1.99. The lowest BCUT2D eigenvalue weighted by atomic mass is 10.1. The zero-order chi connectivity index (χ0) is 18.0. The minimum atomic E-state index is -4.43. The van der Waals surface area contributed by atoms with E-state index >= 15 is 0 Å². The van der Waals surface area contributed by atoms with Crippen molar-refractivity contribution in [3.05, 3.63) is 57.3 Å². The van der Waals surface area contributed by atoms with Gasteiger partial charge in [0.25, 0.3) is 0 Å². The lowest BCUT2D eigenvalue weighted by Gasteiger charge is -2.26. The first-order valence-electron chi connectivity index (χ1n) is 7.67. The van der Waals surface area contributed by atoms with Crippen molar-refractivity contribution < 1.29 is 22.2 Å². The number of halogens is 3. The summed E-state index contributed by atoms with van der Waals surface area (Å²) in [7, 11) is -1.54. The van der Waals surface area contributed by atoms with E-state index in [2.05, 4.69) is 0 Å². The quantitative estimate of drug-likeness (QED) is 0.804. The molecule has 1 aliphatic rings. The summed E-state index contributed by atoms with van der Waals surface area (Å²) in [5.74, 6) is -0.453. The Morgan fingerprint density at radius 2 is 2.08 bits per heavy atom. The highest BCUT2D eigenvalue weighted by molar-refractivity contribution is 7.84. The third-order valence-electron chi connectivity index (χ3n) is 4.03. The van der Waals surface area contributed by atoms with Crippen molar-refractivity contribution in [2.75, 3.05) is 12.3 Å². The van der Waals surface area contributed by atoms with Gasteiger partial charge in [-0.25, -0.2) is 0 Å². The maximum Gasteiger partial charge on any atom is 0.416 e. The van der Waals surface area contributed by atoms with Crippen LogP contribution in [0.4, 0.5) is 13.2 Å². The number of rotatable bonds is 4. The van der Waals surface area contributed by atoms with Crippen LogP contribution in [0.1, 0.15) is 21.6 Å². The summed E-state index contributed by atoms with van der Waals surface area (Å²) in [6, 6.07) is 6.74. The molecule has 2 aromatic rings. The predicted molar refractivity (Wildman–Crippen MR) is 91.6 cm³/mol. The molecule has 1 aromatic carbocycles. The van der Waals surface area contributed by atoms with E-state index in [0.717, 1.165) is 24.1 Å². The maximum absolute atomic E-state index is 12.7. The molecule has 1 amide bonds. The van der Waals surface area contributed by atoms with Crippen LogP contribution in [0, 0.1) is 0 Å². The number of thiophene rings is 1. The van der Waals surface area contributed by atoms with E-state index in [1.807, 2.05) is 11.4 Å². The fourth-order valence-corrected chi connectivity index (χ4v) is 4.77. The van der Waals surface area contributed by atoms with E-state index in [-0.39, 0.29) is 17.4 Å². The van der Waals surface area contributed by atoms with Crippen LogP contribution in [0.15, 0.2) is 35.7 Å². The molecular weight excluding hydrogens is 371 g/mol. The summed E-state index contributed by atoms with van der Waals surface area (Å²) in [5.41, 5.74) is 0.669. The van der Waals surface area contributed by atoms with Gasteiger partial charge >= 0.3 is 6.18 Å². The highest BCUT2D eigenvalue weighted by atomic mass is 32.2. The van der Waals surface area contributed by atoms with Crippen LogP contribution in [0.5, 0.6) is 0 Å². The molecule has 0 aliphatic carbocycles. The summed E-state index contributed by atoms with van der Waals surface area (Å²) < 4.78 is 50.4. The van der Waals surface area contributed by atoms with Crippen molar-refractivity contribution in [3.8, 4) is 0 Å². The van der Waals surface area contributed by atoms with Crippen molar-refractivity contribution in [2.24, 2.45) is 0 Å². The van der Waals surface area contributed by atoms with E-state index in [0.29, 0.717) is 18.7 Å². The van der Waals surface area contributed by atoms with E-state index < -0.39 is 22.5 Å². The molecule has 1 atom stereocenters. The Morgan fingerprint density at radius 3 is 2.84 bits per heavy atom. The molecule has 8 heteroatoms. The maximum atomic E-state index is 12.7.